The number of hydrogen-bond acceptors (Lipinski definition) is 4. The summed E-state index contributed by atoms with van der Waals surface area (Å²) in [6.07, 6.45) is -0.499. The van der Waals surface area contributed by atoms with E-state index in [9.17, 15) is 4.79 Å². The zero-order chi connectivity index (χ0) is 17.0. The largest absolute Gasteiger partial charge is 0.491 e. The summed E-state index contributed by atoms with van der Waals surface area (Å²) >= 11 is 0. The first kappa shape index (κ1) is 17.4. The summed E-state index contributed by atoms with van der Waals surface area (Å²) in [7, 11) is 0. The Balaban J connectivity index is 1.70. The molecule has 5 nitrogen and oxygen atoms in total. The molecule has 0 saturated heterocycles. The molecule has 0 radical (unpaired) electrons. The van der Waals surface area contributed by atoms with Crippen molar-refractivity contribution in [1.29, 1.82) is 0 Å². The normalized spacial score (nSPS) is 9.54. The van der Waals surface area contributed by atoms with Crippen molar-refractivity contribution in [2.45, 2.75) is 6.61 Å². The predicted octanol–water partition coefficient (Wildman–Crippen LogP) is 2.34. The second-order valence-electron chi connectivity index (χ2n) is 4.81. The van der Waals surface area contributed by atoms with Crippen molar-refractivity contribution in [2.24, 2.45) is 0 Å². The molecule has 2 N–H and O–H groups in total. The average Bonchev–Trinajstić information content (AvgIpc) is 2.63. The zero-order valence-corrected chi connectivity index (χ0v) is 13.2. The van der Waals surface area contributed by atoms with Crippen molar-refractivity contribution in [3.63, 3.8) is 0 Å². The second-order valence-corrected chi connectivity index (χ2v) is 4.81. The van der Waals surface area contributed by atoms with Crippen molar-refractivity contribution in [2.75, 3.05) is 19.8 Å². The molecular weight excluding hydrogens is 306 g/mol. The van der Waals surface area contributed by atoms with Crippen LogP contribution in [-0.2, 0) is 11.3 Å². The van der Waals surface area contributed by atoms with Crippen LogP contribution in [0.25, 0.3) is 0 Å². The van der Waals surface area contributed by atoms with Crippen molar-refractivity contribution in [1.82, 2.24) is 5.32 Å². The van der Waals surface area contributed by atoms with E-state index in [1.54, 1.807) is 12.1 Å². The van der Waals surface area contributed by atoms with Gasteiger partial charge < -0.3 is 19.9 Å². The maximum atomic E-state index is 11.5. The number of carbonyl (C=O) groups excluding carboxylic acids is 1. The number of benzene rings is 2. The zero-order valence-electron chi connectivity index (χ0n) is 13.2. The Morgan fingerprint density at radius 2 is 1.83 bits per heavy atom. The molecule has 0 aliphatic heterocycles. The van der Waals surface area contributed by atoms with Crippen LogP contribution in [0.2, 0.25) is 0 Å². The molecule has 0 saturated carbocycles. The molecule has 0 aromatic heterocycles. The number of carbonyl (C=O) groups is 1. The molecule has 0 aliphatic rings. The number of aliphatic hydroxyl groups is 1. The first-order valence-corrected chi connectivity index (χ1v) is 7.55. The lowest BCUT2D eigenvalue weighted by Gasteiger charge is -2.04. The number of aliphatic hydroxyl groups excluding tert-OH is 1. The Morgan fingerprint density at radius 3 is 2.54 bits per heavy atom. The Labute approximate surface area is 141 Å². The molecule has 2 rings (SSSR count). The van der Waals surface area contributed by atoms with E-state index < -0.39 is 6.09 Å². The van der Waals surface area contributed by atoms with Gasteiger partial charge in [0.05, 0.1) is 13.2 Å². The lowest BCUT2D eigenvalue weighted by atomic mass is 10.2. The van der Waals surface area contributed by atoms with E-state index >= 15 is 0 Å². The molecule has 1 amide bonds. The van der Waals surface area contributed by atoms with E-state index in [-0.39, 0.29) is 26.4 Å². The fourth-order valence-electron chi connectivity index (χ4n) is 1.83. The van der Waals surface area contributed by atoms with Gasteiger partial charge in [0.25, 0.3) is 0 Å². The van der Waals surface area contributed by atoms with Gasteiger partial charge in [-0.1, -0.05) is 42.2 Å². The molecule has 2 aromatic carbocycles. The van der Waals surface area contributed by atoms with E-state index in [0.29, 0.717) is 5.75 Å². The number of hydrogen-bond donors (Lipinski definition) is 2. The highest BCUT2D eigenvalue weighted by Gasteiger charge is 2.00. The third kappa shape index (κ3) is 6.42. The van der Waals surface area contributed by atoms with Crippen molar-refractivity contribution in [3.05, 3.63) is 65.7 Å². The highest BCUT2D eigenvalue weighted by atomic mass is 16.5. The fraction of sp³-hybridized carbons (Fsp3) is 0.211. The van der Waals surface area contributed by atoms with Gasteiger partial charge >= 0.3 is 6.09 Å². The minimum atomic E-state index is -0.499. The molecule has 2 aromatic rings. The highest BCUT2D eigenvalue weighted by Crippen LogP contribution is 2.11. The van der Waals surface area contributed by atoms with Gasteiger partial charge in [-0.05, 0) is 29.8 Å². The van der Waals surface area contributed by atoms with Gasteiger partial charge in [0, 0.05) is 5.56 Å². The SMILES string of the molecule is O=C(NCC#Cc1ccc(OCCO)cc1)OCc1ccccc1. The van der Waals surface area contributed by atoms with Crippen LogP contribution >= 0.6 is 0 Å². The third-order valence-corrected chi connectivity index (χ3v) is 2.98. The van der Waals surface area contributed by atoms with E-state index in [2.05, 4.69) is 17.2 Å². The first-order chi connectivity index (χ1) is 11.8. The standard InChI is InChI=1S/C19H19NO4/c21-13-14-23-18-10-8-16(9-11-18)7-4-12-20-19(22)24-15-17-5-2-1-3-6-17/h1-3,5-6,8-11,21H,12-15H2,(H,20,22). The fourth-order valence-corrected chi connectivity index (χ4v) is 1.83. The molecule has 0 fully saturated rings. The van der Waals surface area contributed by atoms with Crippen LogP contribution in [0.15, 0.2) is 54.6 Å². The monoisotopic (exact) mass is 325 g/mol. The lowest BCUT2D eigenvalue weighted by Crippen LogP contribution is -2.24. The molecule has 5 heteroatoms. The van der Waals surface area contributed by atoms with Gasteiger partial charge in [0.15, 0.2) is 0 Å². The summed E-state index contributed by atoms with van der Waals surface area (Å²) in [6.45, 7) is 0.680. The smallest absolute Gasteiger partial charge is 0.408 e. The predicted molar refractivity (Wildman–Crippen MR) is 90.5 cm³/mol. The molecule has 0 bridgehead atoms. The summed E-state index contributed by atoms with van der Waals surface area (Å²) in [5.41, 5.74) is 1.74. The lowest BCUT2D eigenvalue weighted by molar-refractivity contribution is 0.141. The van der Waals surface area contributed by atoms with Gasteiger partial charge in [-0.3, -0.25) is 0 Å². The van der Waals surface area contributed by atoms with Crippen LogP contribution < -0.4 is 10.1 Å². The van der Waals surface area contributed by atoms with Crippen LogP contribution in [0.3, 0.4) is 0 Å². The Hall–Kier alpha value is -2.97. The topological polar surface area (TPSA) is 67.8 Å². The van der Waals surface area contributed by atoms with Gasteiger partial charge in [0.1, 0.15) is 19.0 Å². The van der Waals surface area contributed by atoms with Gasteiger partial charge in [0.2, 0.25) is 0 Å². The highest BCUT2D eigenvalue weighted by molar-refractivity contribution is 5.67. The van der Waals surface area contributed by atoms with Crippen LogP contribution in [-0.4, -0.2) is 31.0 Å². The molecule has 0 spiro atoms. The molecule has 124 valence electrons. The first-order valence-electron chi connectivity index (χ1n) is 7.55. The van der Waals surface area contributed by atoms with Crippen LogP contribution in [0.5, 0.6) is 5.75 Å². The molecule has 0 aliphatic carbocycles. The minimum Gasteiger partial charge on any atom is -0.491 e. The summed E-state index contributed by atoms with van der Waals surface area (Å²) in [6, 6.07) is 16.7. The van der Waals surface area contributed by atoms with Crippen LogP contribution in [0, 0.1) is 11.8 Å². The molecule has 0 unspecified atom stereocenters. The van der Waals surface area contributed by atoms with E-state index in [1.165, 1.54) is 0 Å². The Kier molecular flexibility index (Phi) is 7.19. The van der Waals surface area contributed by atoms with Crippen molar-refractivity contribution >= 4 is 6.09 Å². The summed E-state index contributed by atoms with van der Waals surface area (Å²) in [5.74, 6) is 6.46. The second kappa shape index (κ2) is 9.93. The number of nitrogens with one attached hydrogen (secondary N) is 1. The van der Waals surface area contributed by atoms with E-state index in [1.807, 2.05) is 42.5 Å². The van der Waals surface area contributed by atoms with Gasteiger partial charge in [-0.15, -0.1) is 0 Å². The molecule has 0 heterocycles. The van der Waals surface area contributed by atoms with Crippen molar-refractivity contribution < 1.29 is 19.4 Å². The number of alkyl carbamates (subject to hydrolysis) is 1. The molecule has 24 heavy (non-hydrogen) atoms. The maximum absolute atomic E-state index is 11.5. The van der Waals surface area contributed by atoms with E-state index in [4.69, 9.17) is 14.6 Å². The Bertz CT molecular complexity index is 687. The number of rotatable bonds is 6. The molecule has 0 atom stereocenters. The van der Waals surface area contributed by atoms with Gasteiger partial charge in [-0.2, -0.15) is 0 Å². The third-order valence-electron chi connectivity index (χ3n) is 2.98. The summed E-state index contributed by atoms with van der Waals surface area (Å²) in [4.78, 5) is 11.5. The summed E-state index contributed by atoms with van der Waals surface area (Å²) in [5, 5.41) is 11.3. The number of ether oxygens (including phenoxy) is 2. The number of amides is 1. The van der Waals surface area contributed by atoms with Crippen LogP contribution in [0.1, 0.15) is 11.1 Å². The minimum absolute atomic E-state index is 0.0202. The van der Waals surface area contributed by atoms with Gasteiger partial charge in [-0.25, -0.2) is 4.79 Å². The van der Waals surface area contributed by atoms with E-state index in [0.717, 1.165) is 11.1 Å². The molecular formula is C19H19NO4. The summed E-state index contributed by atoms with van der Waals surface area (Å²) < 4.78 is 10.3. The van der Waals surface area contributed by atoms with Crippen molar-refractivity contribution in [3.8, 4) is 17.6 Å². The quantitative estimate of drug-likeness (QED) is 0.800. The van der Waals surface area contributed by atoms with Crippen LogP contribution in [0.4, 0.5) is 4.79 Å². The maximum Gasteiger partial charge on any atom is 0.408 e. The Morgan fingerprint density at radius 1 is 1.08 bits per heavy atom. The average molecular weight is 325 g/mol.